The molecule has 0 spiro atoms. The Morgan fingerprint density at radius 1 is 1.44 bits per heavy atom. The molecule has 1 aromatic rings. The molecule has 5 nitrogen and oxygen atoms in total. The number of nitrogens with zero attached hydrogens (tertiary/aromatic N) is 2. The number of hydrogen-bond acceptors (Lipinski definition) is 6. The molecule has 0 saturated heterocycles. The Morgan fingerprint density at radius 3 is 2.72 bits per heavy atom. The number of aryl methyl sites for hydroxylation is 1. The number of anilines is 1. The number of hydrogen-bond donors (Lipinski definition) is 0. The highest BCUT2D eigenvalue weighted by atomic mass is 32.1. The standard InChI is InChI=1S/C12H20N2O3S/c1-5-14(7-8-17-6-2)12-13-10(9(3)18-12)11(15)16-4/h5-8H2,1-4H3. The van der Waals surface area contributed by atoms with Crippen LogP contribution in [0.25, 0.3) is 0 Å². The highest BCUT2D eigenvalue weighted by Gasteiger charge is 2.18. The molecule has 0 atom stereocenters. The SMILES string of the molecule is CCOCCN(CC)c1nc(C(=O)OC)c(C)s1. The van der Waals surface area contributed by atoms with Gasteiger partial charge in [0.05, 0.1) is 13.7 Å². The molecule has 0 aliphatic heterocycles. The monoisotopic (exact) mass is 272 g/mol. The Bertz CT molecular complexity index is 393. The molecule has 1 aromatic heterocycles. The zero-order valence-corrected chi connectivity index (χ0v) is 12.2. The van der Waals surface area contributed by atoms with Crippen molar-refractivity contribution in [2.45, 2.75) is 20.8 Å². The van der Waals surface area contributed by atoms with Crippen molar-refractivity contribution in [1.29, 1.82) is 0 Å². The number of ether oxygens (including phenoxy) is 2. The van der Waals surface area contributed by atoms with Gasteiger partial charge in [-0.05, 0) is 20.8 Å². The Kier molecular flexibility index (Phi) is 6.07. The summed E-state index contributed by atoms with van der Waals surface area (Å²) in [7, 11) is 1.37. The van der Waals surface area contributed by atoms with Crippen LogP contribution in [0, 0.1) is 6.92 Å². The van der Waals surface area contributed by atoms with E-state index in [4.69, 9.17) is 9.47 Å². The van der Waals surface area contributed by atoms with E-state index in [1.165, 1.54) is 18.4 Å². The van der Waals surface area contributed by atoms with Gasteiger partial charge in [0.15, 0.2) is 10.8 Å². The highest BCUT2D eigenvalue weighted by Crippen LogP contribution is 2.25. The molecule has 0 radical (unpaired) electrons. The molecule has 102 valence electrons. The molecular weight excluding hydrogens is 252 g/mol. The average molecular weight is 272 g/mol. The first-order chi connectivity index (χ1) is 8.63. The van der Waals surface area contributed by atoms with E-state index in [1.54, 1.807) is 0 Å². The van der Waals surface area contributed by atoms with Crippen LogP contribution in [-0.2, 0) is 9.47 Å². The van der Waals surface area contributed by atoms with Crippen LogP contribution in [0.4, 0.5) is 5.13 Å². The van der Waals surface area contributed by atoms with Gasteiger partial charge < -0.3 is 14.4 Å². The van der Waals surface area contributed by atoms with Gasteiger partial charge in [0.2, 0.25) is 0 Å². The molecule has 0 aromatic carbocycles. The summed E-state index contributed by atoms with van der Waals surface area (Å²) in [6.07, 6.45) is 0. The number of carbonyl (C=O) groups is 1. The zero-order valence-electron chi connectivity index (χ0n) is 11.4. The van der Waals surface area contributed by atoms with Crippen LogP contribution in [0.5, 0.6) is 0 Å². The number of rotatable bonds is 7. The van der Waals surface area contributed by atoms with Crippen LogP contribution in [0.3, 0.4) is 0 Å². The van der Waals surface area contributed by atoms with Gasteiger partial charge in [-0.1, -0.05) is 0 Å². The van der Waals surface area contributed by atoms with Crippen LogP contribution >= 0.6 is 11.3 Å². The molecule has 0 aliphatic carbocycles. The molecular formula is C12H20N2O3S. The second-order valence-corrected chi connectivity index (χ2v) is 4.85. The third kappa shape index (κ3) is 3.68. The fraction of sp³-hybridized carbons (Fsp3) is 0.667. The summed E-state index contributed by atoms with van der Waals surface area (Å²) < 4.78 is 10.0. The molecule has 0 aliphatic rings. The van der Waals surface area contributed by atoms with Crippen LogP contribution in [0.1, 0.15) is 29.2 Å². The zero-order chi connectivity index (χ0) is 13.5. The van der Waals surface area contributed by atoms with Crippen molar-refractivity contribution >= 4 is 22.4 Å². The minimum atomic E-state index is -0.379. The van der Waals surface area contributed by atoms with E-state index in [2.05, 4.69) is 16.8 Å². The van der Waals surface area contributed by atoms with Gasteiger partial charge in [-0.15, -0.1) is 11.3 Å². The predicted octanol–water partition coefficient (Wildman–Crippen LogP) is 2.10. The van der Waals surface area contributed by atoms with Crippen molar-refractivity contribution in [3.05, 3.63) is 10.6 Å². The quantitative estimate of drug-likeness (QED) is 0.562. The Hall–Kier alpha value is -1.14. The lowest BCUT2D eigenvalue weighted by molar-refractivity contribution is 0.0594. The van der Waals surface area contributed by atoms with Crippen LogP contribution in [0.2, 0.25) is 0 Å². The second-order valence-electron chi connectivity index (χ2n) is 3.67. The van der Waals surface area contributed by atoms with Gasteiger partial charge in [-0.2, -0.15) is 0 Å². The normalized spacial score (nSPS) is 10.4. The van der Waals surface area contributed by atoms with Gasteiger partial charge in [-0.3, -0.25) is 0 Å². The molecule has 0 fully saturated rings. The van der Waals surface area contributed by atoms with Crippen LogP contribution < -0.4 is 4.90 Å². The number of aromatic nitrogens is 1. The van der Waals surface area contributed by atoms with E-state index >= 15 is 0 Å². The van der Waals surface area contributed by atoms with E-state index in [0.717, 1.165) is 23.1 Å². The van der Waals surface area contributed by atoms with Gasteiger partial charge in [0.25, 0.3) is 0 Å². The van der Waals surface area contributed by atoms with Crippen LogP contribution in [0.15, 0.2) is 0 Å². The molecule has 0 N–H and O–H groups in total. The van der Waals surface area contributed by atoms with Crippen molar-refractivity contribution in [2.75, 3.05) is 38.3 Å². The summed E-state index contributed by atoms with van der Waals surface area (Å²) in [5, 5.41) is 0.843. The van der Waals surface area contributed by atoms with E-state index in [-0.39, 0.29) is 5.97 Å². The molecule has 1 heterocycles. The maximum atomic E-state index is 11.5. The number of thiazole rings is 1. The topological polar surface area (TPSA) is 51.7 Å². The lowest BCUT2D eigenvalue weighted by Crippen LogP contribution is -2.27. The molecule has 6 heteroatoms. The minimum absolute atomic E-state index is 0.379. The summed E-state index contributed by atoms with van der Waals surface area (Å²) in [5.41, 5.74) is 0.410. The Balaban J connectivity index is 2.77. The average Bonchev–Trinajstić information content (AvgIpc) is 2.76. The lowest BCUT2D eigenvalue weighted by atomic mass is 10.4. The summed E-state index contributed by atoms with van der Waals surface area (Å²) in [6.45, 7) is 8.89. The first kappa shape index (κ1) is 14.9. The molecule has 0 amide bonds. The van der Waals surface area contributed by atoms with Crippen molar-refractivity contribution in [2.24, 2.45) is 0 Å². The molecule has 18 heavy (non-hydrogen) atoms. The molecule has 1 rings (SSSR count). The Morgan fingerprint density at radius 2 is 2.17 bits per heavy atom. The van der Waals surface area contributed by atoms with Gasteiger partial charge in [0, 0.05) is 24.6 Å². The fourth-order valence-electron chi connectivity index (χ4n) is 1.51. The van der Waals surface area contributed by atoms with E-state index in [1.807, 2.05) is 13.8 Å². The second kappa shape index (κ2) is 7.33. The van der Waals surface area contributed by atoms with Gasteiger partial charge in [0.1, 0.15) is 0 Å². The molecule has 0 bridgehead atoms. The summed E-state index contributed by atoms with van der Waals surface area (Å²) in [4.78, 5) is 18.8. The van der Waals surface area contributed by atoms with Crippen molar-refractivity contribution < 1.29 is 14.3 Å². The number of esters is 1. The summed E-state index contributed by atoms with van der Waals surface area (Å²) in [6, 6.07) is 0. The minimum Gasteiger partial charge on any atom is -0.464 e. The molecule has 0 saturated carbocycles. The maximum absolute atomic E-state index is 11.5. The van der Waals surface area contributed by atoms with Crippen molar-refractivity contribution in [3.8, 4) is 0 Å². The van der Waals surface area contributed by atoms with E-state index < -0.39 is 0 Å². The summed E-state index contributed by atoms with van der Waals surface area (Å²) >= 11 is 1.51. The van der Waals surface area contributed by atoms with Gasteiger partial charge >= 0.3 is 5.97 Å². The number of methoxy groups -OCH3 is 1. The first-order valence-corrected chi connectivity index (χ1v) is 6.84. The van der Waals surface area contributed by atoms with E-state index in [0.29, 0.717) is 18.9 Å². The van der Waals surface area contributed by atoms with Crippen molar-refractivity contribution in [3.63, 3.8) is 0 Å². The first-order valence-electron chi connectivity index (χ1n) is 6.02. The smallest absolute Gasteiger partial charge is 0.357 e. The number of likely N-dealkylation sites (N-methyl/N-ethyl adjacent to an activating group) is 1. The summed E-state index contributed by atoms with van der Waals surface area (Å²) in [5.74, 6) is -0.379. The largest absolute Gasteiger partial charge is 0.464 e. The van der Waals surface area contributed by atoms with Crippen molar-refractivity contribution in [1.82, 2.24) is 4.98 Å². The van der Waals surface area contributed by atoms with Crippen LogP contribution in [-0.4, -0.2) is 44.4 Å². The molecule has 0 unspecified atom stereocenters. The fourth-order valence-corrected chi connectivity index (χ4v) is 2.50. The highest BCUT2D eigenvalue weighted by molar-refractivity contribution is 7.15. The third-order valence-electron chi connectivity index (χ3n) is 2.53. The Labute approximate surface area is 112 Å². The number of carbonyl (C=O) groups excluding carboxylic acids is 1. The third-order valence-corrected chi connectivity index (χ3v) is 3.56. The van der Waals surface area contributed by atoms with E-state index in [9.17, 15) is 4.79 Å². The van der Waals surface area contributed by atoms with Gasteiger partial charge in [-0.25, -0.2) is 9.78 Å². The predicted molar refractivity (Wildman–Crippen MR) is 72.6 cm³/mol. The maximum Gasteiger partial charge on any atom is 0.357 e. The lowest BCUT2D eigenvalue weighted by Gasteiger charge is -2.19.